The molecule has 0 bridgehead atoms. The zero-order chi connectivity index (χ0) is 12.5. The maximum Gasteiger partial charge on any atom is 0.339 e. The predicted molar refractivity (Wildman–Crippen MR) is 63.7 cm³/mol. The fourth-order valence-corrected chi connectivity index (χ4v) is 1.91. The lowest BCUT2D eigenvalue weighted by atomic mass is 9.86. The van der Waals surface area contributed by atoms with E-state index >= 15 is 0 Å². The van der Waals surface area contributed by atoms with Crippen molar-refractivity contribution in [3.8, 4) is 5.75 Å². The molecule has 0 heterocycles. The fraction of sp³-hybridized carbons (Fsp3) is 0.417. The third kappa shape index (κ3) is 2.47. The highest BCUT2D eigenvalue weighted by Crippen LogP contribution is 2.34. The smallest absolute Gasteiger partial charge is 0.339 e. The molecule has 0 saturated carbocycles. The van der Waals surface area contributed by atoms with Crippen LogP contribution in [0, 0.1) is 0 Å². The summed E-state index contributed by atoms with van der Waals surface area (Å²) in [5, 5.41) is 9.43. The van der Waals surface area contributed by atoms with Crippen LogP contribution in [0.1, 0.15) is 36.7 Å². The number of benzene rings is 1. The van der Waals surface area contributed by atoms with E-state index in [1.54, 1.807) is 6.07 Å². The number of carboxylic acids is 1. The summed E-state index contributed by atoms with van der Waals surface area (Å²) in [6.07, 6.45) is 0. The highest BCUT2D eigenvalue weighted by molar-refractivity contribution is 6.32. The highest BCUT2D eigenvalue weighted by atomic mass is 35.5. The Balaban J connectivity index is 3.43. The van der Waals surface area contributed by atoms with Gasteiger partial charge in [-0.3, -0.25) is 0 Å². The molecule has 0 radical (unpaired) electrons. The number of rotatable bonds is 2. The Morgan fingerprint density at radius 2 is 1.94 bits per heavy atom. The Bertz CT molecular complexity index is 419. The summed E-state index contributed by atoms with van der Waals surface area (Å²) in [7, 11) is 1.45. The Hall–Kier alpha value is -1.22. The van der Waals surface area contributed by atoms with Crippen molar-refractivity contribution < 1.29 is 14.6 Å². The van der Waals surface area contributed by atoms with Gasteiger partial charge in [-0.2, -0.15) is 0 Å². The molecule has 0 aliphatic rings. The summed E-state index contributed by atoms with van der Waals surface area (Å²) in [6.45, 7) is 6.02. The van der Waals surface area contributed by atoms with Gasteiger partial charge in [0.25, 0.3) is 0 Å². The molecule has 0 fully saturated rings. The van der Waals surface area contributed by atoms with Gasteiger partial charge >= 0.3 is 5.97 Å². The number of halogens is 1. The van der Waals surface area contributed by atoms with Gasteiger partial charge in [0.05, 0.1) is 7.11 Å². The summed E-state index contributed by atoms with van der Waals surface area (Å²) in [5.41, 5.74) is 0.804. The van der Waals surface area contributed by atoms with Crippen molar-refractivity contribution in [2.24, 2.45) is 0 Å². The van der Waals surface area contributed by atoms with Crippen molar-refractivity contribution in [3.63, 3.8) is 0 Å². The molecule has 0 aliphatic heterocycles. The molecule has 4 heteroatoms. The van der Waals surface area contributed by atoms with Crippen LogP contribution in [0.2, 0.25) is 5.02 Å². The van der Waals surface area contributed by atoms with Crippen molar-refractivity contribution in [1.29, 1.82) is 0 Å². The van der Waals surface area contributed by atoms with Crippen molar-refractivity contribution >= 4 is 17.6 Å². The van der Waals surface area contributed by atoms with E-state index < -0.39 is 5.97 Å². The molecule has 0 aromatic heterocycles. The van der Waals surface area contributed by atoms with Crippen LogP contribution in [0.5, 0.6) is 5.75 Å². The van der Waals surface area contributed by atoms with E-state index in [4.69, 9.17) is 21.4 Å². The molecule has 1 rings (SSSR count). The maximum atomic E-state index is 11.0. The lowest BCUT2D eigenvalue weighted by Crippen LogP contribution is -2.13. The van der Waals surface area contributed by atoms with Crippen LogP contribution in [0.4, 0.5) is 0 Å². The van der Waals surface area contributed by atoms with E-state index in [0.29, 0.717) is 10.8 Å². The van der Waals surface area contributed by atoms with Crippen LogP contribution < -0.4 is 4.74 Å². The Labute approximate surface area is 100.0 Å². The number of aromatic carboxylic acids is 1. The van der Waals surface area contributed by atoms with Crippen LogP contribution in [0.15, 0.2) is 12.1 Å². The SMILES string of the molecule is COc1cc(C(C)(C)C)c(Cl)cc1C(=O)O. The van der Waals surface area contributed by atoms with Crippen LogP contribution >= 0.6 is 11.6 Å². The van der Waals surface area contributed by atoms with Gasteiger partial charge in [-0.05, 0) is 23.1 Å². The lowest BCUT2D eigenvalue weighted by molar-refractivity contribution is 0.0693. The number of carbonyl (C=O) groups is 1. The van der Waals surface area contributed by atoms with E-state index in [0.717, 1.165) is 5.56 Å². The minimum absolute atomic E-state index is 0.0838. The highest BCUT2D eigenvalue weighted by Gasteiger charge is 2.22. The molecular formula is C12H15ClO3. The van der Waals surface area contributed by atoms with E-state index in [1.165, 1.54) is 13.2 Å². The Morgan fingerprint density at radius 3 is 2.31 bits per heavy atom. The van der Waals surface area contributed by atoms with E-state index in [1.807, 2.05) is 20.8 Å². The largest absolute Gasteiger partial charge is 0.496 e. The molecule has 1 N–H and O–H groups in total. The molecule has 0 atom stereocenters. The predicted octanol–water partition coefficient (Wildman–Crippen LogP) is 3.34. The van der Waals surface area contributed by atoms with Crippen LogP contribution in [0.25, 0.3) is 0 Å². The number of carboxylic acid groups (broad SMARTS) is 1. The summed E-state index contributed by atoms with van der Waals surface area (Å²) in [6, 6.07) is 3.12. The molecular weight excluding hydrogens is 228 g/mol. The summed E-state index contributed by atoms with van der Waals surface area (Å²) in [5.74, 6) is -0.707. The van der Waals surface area contributed by atoms with Crippen molar-refractivity contribution in [3.05, 3.63) is 28.3 Å². The van der Waals surface area contributed by atoms with Gasteiger partial charge in [-0.1, -0.05) is 32.4 Å². The third-order valence-corrected chi connectivity index (χ3v) is 2.64. The molecule has 1 aromatic rings. The molecule has 88 valence electrons. The van der Waals surface area contributed by atoms with Crippen LogP contribution in [-0.2, 0) is 5.41 Å². The second kappa shape index (κ2) is 4.34. The minimum atomic E-state index is -1.04. The van der Waals surface area contributed by atoms with E-state index in [-0.39, 0.29) is 11.0 Å². The van der Waals surface area contributed by atoms with Gasteiger partial charge in [0.15, 0.2) is 0 Å². The average molecular weight is 243 g/mol. The number of ether oxygens (including phenoxy) is 1. The topological polar surface area (TPSA) is 46.5 Å². The molecule has 0 spiro atoms. The summed E-state index contributed by atoms with van der Waals surface area (Å²) < 4.78 is 5.06. The Kier molecular flexibility index (Phi) is 3.48. The molecule has 0 unspecified atom stereocenters. The van der Waals surface area contributed by atoms with Gasteiger partial charge in [0, 0.05) is 5.02 Å². The van der Waals surface area contributed by atoms with Gasteiger partial charge in [0.1, 0.15) is 11.3 Å². The van der Waals surface area contributed by atoms with Crippen molar-refractivity contribution in [1.82, 2.24) is 0 Å². The number of methoxy groups -OCH3 is 1. The first kappa shape index (κ1) is 12.8. The van der Waals surface area contributed by atoms with Crippen LogP contribution in [-0.4, -0.2) is 18.2 Å². The van der Waals surface area contributed by atoms with Gasteiger partial charge in [-0.25, -0.2) is 4.79 Å². The fourth-order valence-electron chi connectivity index (χ4n) is 1.46. The van der Waals surface area contributed by atoms with Crippen LogP contribution in [0.3, 0.4) is 0 Å². The second-order valence-electron chi connectivity index (χ2n) is 4.59. The lowest BCUT2D eigenvalue weighted by Gasteiger charge is -2.22. The quantitative estimate of drug-likeness (QED) is 0.865. The first-order chi connectivity index (χ1) is 7.27. The van der Waals surface area contributed by atoms with Gasteiger partial charge < -0.3 is 9.84 Å². The second-order valence-corrected chi connectivity index (χ2v) is 4.99. The van der Waals surface area contributed by atoms with Gasteiger partial charge in [-0.15, -0.1) is 0 Å². The normalized spacial score (nSPS) is 11.3. The standard InChI is InChI=1S/C12H15ClO3/c1-12(2,3)8-6-10(16-4)7(11(14)15)5-9(8)13/h5-6H,1-4H3,(H,14,15). The first-order valence-electron chi connectivity index (χ1n) is 4.88. The maximum absolute atomic E-state index is 11.0. The first-order valence-corrected chi connectivity index (χ1v) is 5.26. The van der Waals surface area contributed by atoms with Crippen molar-refractivity contribution in [2.45, 2.75) is 26.2 Å². The minimum Gasteiger partial charge on any atom is -0.496 e. The zero-order valence-corrected chi connectivity index (χ0v) is 10.6. The third-order valence-electron chi connectivity index (χ3n) is 2.33. The molecule has 3 nitrogen and oxygen atoms in total. The summed E-state index contributed by atoms with van der Waals surface area (Å²) >= 11 is 6.07. The molecule has 0 saturated heterocycles. The Morgan fingerprint density at radius 1 is 1.38 bits per heavy atom. The summed E-state index contributed by atoms with van der Waals surface area (Å²) in [4.78, 5) is 11.0. The molecule has 0 amide bonds. The van der Waals surface area contributed by atoms with Gasteiger partial charge in [0.2, 0.25) is 0 Å². The number of hydrogen-bond donors (Lipinski definition) is 1. The molecule has 0 aliphatic carbocycles. The van der Waals surface area contributed by atoms with E-state index in [2.05, 4.69) is 0 Å². The number of hydrogen-bond acceptors (Lipinski definition) is 2. The van der Waals surface area contributed by atoms with E-state index in [9.17, 15) is 4.79 Å². The molecule has 16 heavy (non-hydrogen) atoms. The average Bonchev–Trinajstić information content (AvgIpc) is 2.15. The zero-order valence-electron chi connectivity index (χ0n) is 9.80. The monoisotopic (exact) mass is 242 g/mol. The molecule has 1 aromatic carbocycles. The van der Waals surface area contributed by atoms with Crippen molar-refractivity contribution in [2.75, 3.05) is 7.11 Å².